The Hall–Kier alpha value is -1.66. The monoisotopic (exact) mass is 292 g/mol. The summed E-state index contributed by atoms with van der Waals surface area (Å²) in [5.41, 5.74) is 2.69. The first-order chi connectivity index (χ1) is 9.67. The van der Waals surface area contributed by atoms with Crippen LogP contribution in [0.25, 0.3) is 0 Å². The maximum atomic E-state index is 12.1. The lowest BCUT2D eigenvalue weighted by Gasteiger charge is -2.20. The molecule has 0 atom stereocenters. The van der Waals surface area contributed by atoms with Gasteiger partial charge in [0.2, 0.25) is 12.3 Å². The summed E-state index contributed by atoms with van der Waals surface area (Å²) in [7, 11) is 0. The molecule has 0 N–H and O–H groups in total. The quantitative estimate of drug-likeness (QED) is 0.780. The molecule has 1 fully saturated rings. The number of amides is 2. The Kier molecular flexibility index (Phi) is 4.92. The third-order valence-corrected chi connectivity index (χ3v) is 3.81. The highest BCUT2D eigenvalue weighted by Gasteiger charge is 2.31. The Morgan fingerprint density at radius 3 is 3.00 bits per heavy atom. The highest BCUT2D eigenvalue weighted by atomic mass is 32.2. The molecule has 1 aromatic carbocycles. The molecule has 0 aliphatic carbocycles. The van der Waals surface area contributed by atoms with Crippen molar-refractivity contribution in [3.8, 4) is 0 Å². The molecule has 106 valence electrons. The van der Waals surface area contributed by atoms with Crippen LogP contribution in [-0.4, -0.2) is 29.8 Å². The first kappa shape index (κ1) is 14.7. The number of benzene rings is 1. The van der Waals surface area contributed by atoms with Crippen molar-refractivity contribution in [2.24, 2.45) is 4.99 Å². The normalized spacial score (nSPS) is 17.0. The molecule has 1 saturated heterocycles. The second-order valence-electron chi connectivity index (χ2n) is 4.30. The number of thioether (sulfide) groups is 1. The summed E-state index contributed by atoms with van der Waals surface area (Å²) in [5.74, 6) is 0.230. The molecule has 5 nitrogen and oxygen atoms in total. The van der Waals surface area contributed by atoms with Gasteiger partial charge in [0.25, 0.3) is 0 Å². The van der Waals surface area contributed by atoms with Gasteiger partial charge in [-0.15, -0.1) is 0 Å². The number of rotatable bonds is 5. The highest BCUT2D eigenvalue weighted by molar-refractivity contribution is 8.15. The third kappa shape index (κ3) is 3.08. The minimum Gasteiger partial charge on any atom is -0.377 e. The molecular weight excluding hydrogens is 276 g/mol. The fraction of sp³-hybridized carbons (Fsp3) is 0.357. The maximum Gasteiger partial charge on any atom is 0.243 e. The number of carbonyl (C=O) groups is 2. The number of amidine groups is 1. The molecule has 0 spiro atoms. The van der Waals surface area contributed by atoms with E-state index in [1.807, 2.05) is 32.0 Å². The van der Waals surface area contributed by atoms with Crippen LogP contribution < -0.4 is 4.90 Å². The van der Waals surface area contributed by atoms with Gasteiger partial charge in [-0.1, -0.05) is 23.9 Å². The predicted molar refractivity (Wildman–Crippen MR) is 80.0 cm³/mol. The Bertz CT molecular complexity index is 557. The predicted octanol–water partition coefficient (Wildman–Crippen LogP) is 2.12. The van der Waals surface area contributed by atoms with Gasteiger partial charge in [-0.2, -0.15) is 4.99 Å². The van der Waals surface area contributed by atoms with Crippen LogP contribution >= 0.6 is 11.8 Å². The summed E-state index contributed by atoms with van der Waals surface area (Å²) in [4.78, 5) is 27.9. The summed E-state index contributed by atoms with van der Waals surface area (Å²) in [5, 5.41) is 0.424. The second kappa shape index (κ2) is 6.67. The summed E-state index contributed by atoms with van der Waals surface area (Å²) >= 11 is 1.27. The van der Waals surface area contributed by atoms with Gasteiger partial charge in [0.15, 0.2) is 5.17 Å². The molecule has 20 heavy (non-hydrogen) atoms. The van der Waals surface area contributed by atoms with E-state index in [-0.39, 0.29) is 5.91 Å². The first-order valence-electron chi connectivity index (χ1n) is 6.31. The van der Waals surface area contributed by atoms with Gasteiger partial charge in [-0.3, -0.25) is 14.5 Å². The largest absolute Gasteiger partial charge is 0.377 e. The van der Waals surface area contributed by atoms with Crippen LogP contribution in [0.1, 0.15) is 18.1 Å². The van der Waals surface area contributed by atoms with Crippen molar-refractivity contribution >= 4 is 34.9 Å². The van der Waals surface area contributed by atoms with Gasteiger partial charge in [-0.25, -0.2) is 0 Å². The number of nitrogens with zero attached hydrogens (tertiary/aromatic N) is 2. The molecule has 6 heteroatoms. The van der Waals surface area contributed by atoms with E-state index in [0.29, 0.717) is 30.5 Å². The van der Waals surface area contributed by atoms with Crippen LogP contribution in [0.3, 0.4) is 0 Å². The van der Waals surface area contributed by atoms with Crippen LogP contribution in [0.15, 0.2) is 23.2 Å². The summed E-state index contributed by atoms with van der Waals surface area (Å²) in [6, 6.07) is 5.83. The van der Waals surface area contributed by atoms with E-state index >= 15 is 0 Å². The van der Waals surface area contributed by atoms with E-state index in [2.05, 4.69) is 4.99 Å². The Morgan fingerprint density at radius 1 is 1.50 bits per heavy atom. The van der Waals surface area contributed by atoms with Gasteiger partial charge >= 0.3 is 0 Å². The molecule has 2 rings (SSSR count). The van der Waals surface area contributed by atoms with Crippen LogP contribution in [0.5, 0.6) is 0 Å². The SMILES string of the molecule is CCOCc1ccc(C)cc1N1C(=O)CSC1=NC=O. The minimum atomic E-state index is -0.0704. The first-order valence-corrected chi connectivity index (χ1v) is 7.30. The number of ether oxygens (including phenoxy) is 1. The summed E-state index contributed by atoms with van der Waals surface area (Å²) in [6.45, 7) is 4.91. The smallest absolute Gasteiger partial charge is 0.243 e. The molecule has 0 unspecified atom stereocenters. The number of aliphatic imine (C=N–C) groups is 1. The van der Waals surface area contributed by atoms with E-state index < -0.39 is 0 Å². The average molecular weight is 292 g/mol. The van der Waals surface area contributed by atoms with Gasteiger partial charge in [0.1, 0.15) is 0 Å². The van der Waals surface area contributed by atoms with Crippen molar-refractivity contribution < 1.29 is 14.3 Å². The molecule has 1 aliphatic rings. The molecule has 0 saturated carbocycles. The van der Waals surface area contributed by atoms with E-state index in [1.54, 1.807) is 0 Å². The Morgan fingerprint density at radius 2 is 2.30 bits per heavy atom. The molecule has 0 radical (unpaired) electrons. The van der Waals surface area contributed by atoms with Gasteiger partial charge in [0, 0.05) is 12.2 Å². The van der Waals surface area contributed by atoms with Crippen LogP contribution in [0.4, 0.5) is 5.69 Å². The third-order valence-electron chi connectivity index (χ3n) is 2.87. The van der Waals surface area contributed by atoms with Gasteiger partial charge < -0.3 is 4.74 Å². The standard InChI is InChI=1S/C14H16N2O3S/c1-3-19-7-11-5-4-10(2)6-12(11)16-13(18)8-20-14(16)15-9-17/h4-6,9H,3,7-8H2,1-2H3. The fourth-order valence-electron chi connectivity index (χ4n) is 1.96. The molecule has 0 bridgehead atoms. The number of anilines is 1. The van der Waals surface area contributed by atoms with Crippen molar-refractivity contribution in [3.63, 3.8) is 0 Å². The number of hydrogen-bond acceptors (Lipinski definition) is 4. The van der Waals surface area contributed by atoms with E-state index in [4.69, 9.17) is 4.74 Å². The van der Waals surface area contributed by atoms with E-state index in [9.17, 15) is 9.59 Å². The molecule has 0 aromatic heterocycles. The zero-order chi connectivity index (χ0) is 14.5. The van der Waals surface area contributed by atoms with Crippen LogP contribution in [-0.2, 0) is 20.9 Å². The molecule has 1 aliphatic heterocycles. The number of aryl methyl sites for hydroxylation is 1. The van der Waals surface area contributed by atoms with E-state index in [0.717, 1.165) is 16.8 Å². The number of hydrogen-bond donors (Lipinski definition) is 0. The Balaban J connectivity index is 2.43. The van der Waals surface area contributed by atoms with Crippen molar-refractivity contribution in [2.75, 3.05) is 17.3 Å². The van der Waals surface area contributed by atoms with Crippen molar-refractivity contribution in [3.05, 3.63) is 29.3 Å². The van der Waals surface area contributed by atoms with Gasteiger partial charge in [-0.05, 0) is 25.5 Å². The number of carbonyl (C=O) groups excluding carboxylic acids is 2. The highest BCUT2D eigenvalue weighted by Crippen LogP contribution is 2.30. The topological polar surface area (TPSA) is 59.0 Å². The van der Waals surface area contributed by atoms with Gasteiger partial charge in [0.05, 0.1) is 18.0 Å². The van der Waals surface area contributed by atoms with Crippen molar-refractivity contribution in [1.29, 1.82) is 0 Å². The average Bonchev–Trinajstić information content (AvgIpc) is 2.79. The minimum absolute atomic E-state index is 0.0704. The fourth-order valence-corrected chi connectivity index (χ4v) is 2.78. The lowest BCUT2D eigenvalue weighted by molar-refractivity contribution is -0.115. The lowest BCUT2D eigenvalue weighted by Crippen LogP contribution is -2.30. The van der Waals surface area contributed by atoms with Crippen LogP contribution in [0, 0.1) is 6.92 Å². The molecule has 2 amide bonds. The maximum absolute atomic E-state index is 12.1. The van der Waals surface area contributed by atoms with Crippen molar-refractivity contribution in [1.82, 2.24) is 0 Å². The second-order valence-corrected chi connectivity index (χ2v) is 5.25. The molecule has 1 aromatic rings. The Labute approximate surface area is 122 Å². The lowest BCUT2D eigenvalue weighted by atomic mass is 10.1. The van der Waals surface area contributed by atoms with E-state index in [1.165, 1.54) is 16.7 Å². The van der Waals surface area contributed by atoms with Crippen LogP contribution in [0.2, 0.25) is 0 Å². The zero-order valence-electron chi connectivity index (χ0n) is 11.5. The zero-order valence-corrected chi connectivity index (χ0v) is 12.3. The molecular formula is C14H16N2O3S. The van der Waals surface area contributed by atoms with Crippen molar-refractivity contribution in [2.45, 2.75) is 20.5 Å². The summed E-state index contributed by atoms with van der Waals surface area (Å²) in [6.07, 6.45) is 0.464. The molecule has 1 heterocycles. The summed E-state index contributed by atoms with van der Waals surface area (Å²) < 4.78 is 5.44.